The second-order valence-corrected chi connectivity index (χ2v) is 8.79. The number of anilines is 2. The molecule has 0 atom stereocenters. The van der Waals surface area contributed by atoms with E-state index in [0.717, 1.165) is 11.3 Å². The van der Waals surface area contributed by atoms with Crippen molar-refractivity contribution in [2.45, 2.75) is 25.9 Å². The minimum absolute atomic E-state index is 0.238. The Balaban J connectivity index is 1.57. The number of rotatable bonds is 3. The summed E-state index contributed by atoms with van der Waals surface area (Å²) >= 11 is 13.7. The van der Waals surface area contributed by atoms with Gasteiger partial charge in [0.05, 0.1) is 38.4 Å². The van der Waals surface area contributed by atoms with Crippen LogP contribution in [0.3, 0.4) is 0 Å². The molecule has 150 valence electrons. The number of aromatic nitrogens is 2. The summed E-state index contributed by atoms with van der Waals surface area (Å²) < 4.78 is 0. The molecule has 0 unspecified atom stereocenters. The first kappa shape index (κ1) is 19.8. The average molecular weight is 450 g/mol. The van der Waals surface area contributed by atoms with E-state index in [1.807, 2.05) is 25.3 Å². The quantitative estimate of drug-likeness (QED) is 0.505. The highest BCUT2D eigenvalue weighted by atomic mass is 35.5. The van der Waals surface area contributed by atoms with E-state index in [1.54, 1.807) is 29.2 Å². The number of para-hydroxylation sites is 1. The largest absolute Gasteiger partial charge is 0.323 e. The number of halogens is 2. The van der Waals surface area contributed by atoms with Crippen molar-refractivity contribution in [3.63, 3.8) is 0 Å². The van der Waals surface area contributed by atoms with Crippen molar-refractivity contribution >= 4 is 58.0 Å². The van der Waals surface area contributed by atoms with Gasteiger partial charge in [0.1, 0.15) is 0 Å². The molecule has 3 amide bonds. The molecule has 7 nitrogen and oxygen atoms in total. The van der Waals surface area contributed by atoms with E-state index in [9.17, 15) is 9.59 Å². The number of fused-ring (bicyclic) bond motifs is 1. The maximum Gasteiger partial charge on any atom is 0.323 e. The Labute approximate surface area is 181 Å². The van der Waals surface area contributed by atoms with Gasteiger partial charge in [-0.05, 0) is 37.4 Å². The van der Waals surface area contributed by atoms with Crippen molar-refractivity contribution < 1.29 is 9.59 Å². The van der Waals surface area contributed by atoms with Crippen LogP contribution in [0.25, 0.3) is 0 Å². The second kappa shape index (κ2) is 7.37. The zero-order valence-corrected chi connectivity index (χ0v) is 17.9. The van der Waals surface area contributed by atoms with Crippen LogP contribution in [0.15, 0.2) is 35.7 Å². The lowest BCUT2D eigenvalue weighted by Gasteiger charge is -2.32. The Morgan fingerprint density at radius 3 is 2.55 bits per heavy atom. The fourth-order valence-corrected chi connectivity index (χ4v) is 4.42. The van der Waals surface area contributed by atoms with Crippen LogP contribution in [0.2, 0.25) is 10.0 Å². The molecule has 0 fully saturated rings. The summed E-state index contributed by atoms with van der Waals surface area (Å²) in [6.07, 6.45) is 0. The number of nitrogens with zero attached hydrogens (tertiary/aromatic N) is 2. The first-order valence-corrected chi connectivity index (χ1v) is 10.4. The van der Waals surface area contributed by atoms with E-state index in [2.05, 4.69) is 20.8 Å². The summed E-state index contributed by atoms with van der Waals surface area (Å²) in [5.41, 5.74) is 1.21. The number of aromatic amines is 1. The van der Waals surface area contributed by atoms with Gasteiger partial charge in [-0.3, -0.25) is 9.89 Å². The molecule has 1 aliphatic rings. The van der Waals surface area contributed by atoms with Crippen LogP contribution in [0.1, 0.15) is 34.8 Å². The van der Waals surface area contributed by atoms with E-state index >= 15 is 0 Å². The van der Waals surface area contributed by atoms with Crippen LogP contribution in [0, 0.1) is 0 Å². The molecule has 0 aliphatic carbocycles. The molecule has 3 heterocycles. The van der Waals surface area contributed by atoms with E-state index in [0.29, 0.717) is 26.4 Å². The number of carbonyl (C=O) groups excluding carboxylic acids is 2. The van der Waals surface area contributed by atoms with E-state index < -0.39 is 5.54 Å². The summed E-state index contributed by atoms with van der Waals surface area (Å²) in [7, 11) is 0. The topological polar surface area (TPSA) is 90.1 Å². The SMILES string of the molecule is CC1(C)c2[nH]nc(NC(=O)c3cccs3)c2CN1C(=O)Nc1c(Cl)cccc1Cl. The Bertz CT molecular complexity index is 1070. The number of urea groups is 1. The van der Waals surface area contributed by atoms with E-state index in [-0.39, 0.29) is 18.5 Å². The van der Waals surface area contributed by atoms with Gasteiger partial charge in [-0.25, -0.2) is 4.79 Å². The molecule has 3 N–H and O–H groups in total. The molecule has 3 aromatic rings. The van der Waals surface area contributed by atoms with Gasteiger partial charge < -0.3 is 15.5 Å². The third-order valence-corrected chi connectivity index (χ3v) is 6.39. The summed E-state index contributed by atoms with van der Waals surface area (Å²) in [5, 5.41) is 15.3. The molecule has 29 heavy (non-hydrogen) atoms. The summed E-state index contributed by atoms with van der Waals surface area (Å²) in [5.74, 6) is 0.176. The molecular formula is C19H17Cl2N5O2S. The lowest BCUT2D eigenvalue weighted by molar-refractivity contribution is 0.103. The Kier molecular flexibility index (Phi) is 5.02. The summed E-state index contributed by atoms with van der Waals surface area (Å²) in [6.45, 7) is 4.07. The highest BCUT2D eigenvalue weighted by molar-refractivity contribution is 7.12. The number of nitrogens with one attached hydrogen (secondary N) is 3. The minimum atomic E-state index is -0.675. The zero-order chi connectivity index (χ0) is 20.8. The number of hydrogen-bond acceptors (Lipinski definition) is 4. The fourth-order valence-electron chi connectivity index (χ4n) is 3.31. The number of carbonyl (C=O) groups is 2. The molecule has 0 saturated heterocycles. The Morgan fingerprint density at radius 2 is 1.90 bits per heavy atom. The van der Waals surface area contributed by atoms with Crippen molar-refractivity contribution in [2.24, 2.45) is 0 Å². The maximum atomic E-state index is 13.0. The maximum absolute atomic E-state index is 13.0. The highest BCUT2D eigenvalue weighted by Crippen LogP contribution is 2.41. The van der Waals surface area contributed by atoms with Crippen LogP contribution in [-0.2, 0) is 12.1 Å². The number of thiophene rings is 1. The Hall–Kier alpha value is -2.55. The molecule has 4 rings (SSSR count). The highest BCUT2D eigenvalue weighted by Gasteiger charge is 2.44. The van der Waals surface area contributed by atoms with Gasteiger partial charge in [0.15, 0.2) is 5.82 Å². The van der Waals surface area contributed by atoms with Crippen LogP contribution < -0.4 is 10.6 Å². The standard InChI is InChI=1S/C19H17Cl2N5O2S/c1-19(2)15-10(16(25-24-15)23-17(27)13-7-4-8-29-13)9-26(19)18(28)22-14-11(20)5-3-6-12(14)21/h3-8H,9H2,1-2H3,(H,22,28)(H2,23,24,25,27). The molecule has 0 saturated carbocycles. The summed E-state index contributed by atoms with van der Waals surface area (Å²) in [4.78, 5) is 27.6. The van der Waals surface area contributed by atoms with Gasteiger partial charge in [-0.2, -0.15) is 5.10 Å². The van der Waals surface area contributed by atoms with E-state index in [4.69, 9.17) is 23.2 Å². The smallest absolute Gasteiger partial charge is 0.309 e. The van der Waals surface area contributed by atoms with Gasteiger partial charge in [-0.1, -0.05) is 35.3 Å². The molecular weight excluding hydrogens is 433 g/mol. The number of H-pyrrole nitrogens is 1. The monoisotopic (exact) mass is 449 g/mol. The molecule has 1 aliphatic heterocycles. The molecule has 10 heteroatoms. The van der Waals surface area contributed by atoms with E-state index in [1.165, 1.54) is 11.3 Å². The molecule has 1 aromatic carbocycles. The normalized spacial score (nSPS) is 14.6. The van der Waals surface area contributed by atoms with Gasteiger partial charge in [0, 0.05) is 5.56 Å². The fraction of sp³-hybridized carbons (Fsp3) is 0.211. The van der Waals surface area contributed by atoms with Crippen molar-refractivity contribution in [2.75, 3.05) is 10.6 Å². The third kappa shape index (κ3) is 3.48. The lowest BCUT2D eigenvalue weighted by Crippen LogP contribution is -2.43. The predicted molar refractivity (Wildman–Crippen MR) is 115 cm³/mol. The van der Waals surface area contributed by atoms with Gasteiger partial charge >= 0.3 is 6.03 Å². The first-order chi connectivity index (χ1) is 13.8. The first-order valence-electron chi connectivity index (χ1n) is 8.74. The zero-order valence-electron chi connectivity index (χ0n) is 15.5. The van der Waals surface area contributed by atoms with Crippen LogP contribution in [-0.4, -0.2) is 27.0 Å². The van der Waals surface area contributed by atoms with Crippen molar-refractivity contribution in [1.29, 1.82) is 0 Å². The number of benzene rings is 1. The van der Waals surface area contributed by atoms with Crippen molar-refractivity contribution in [3.05, 3.63) is 61.9 Å². The molecule has 0 bridgehead atoms. The van der Waals surface area contributed by atoms with Crippen molar-refractivity contribution in [1.82, 2.24) is 15.1 Å². The second-order valence-electron chi connectivity index (χ2n) is 7.03. The predicted octanol–water partition coefficient (Wildman–Crippen LogP) is 5.31. The molecule has 0 spiro atoms. The van der Waals surface area contributed by atoms with Gasteiger partial charge in [0.2, 0.25) is 0 Å². The Morgan fingerprint density at radius 1 is 1.17 bits per heavy atom. The van der Waals surface area contributed by atoms with Gasteiger partial charge in [0.25, 0.3) is 5.91 Å². The summed E-state index contributed by atoms with van der Waals surface area (Å²) in [6, 6.07) is 8.21. The molecule has 0 radical (unpaired) electrons. The number of hydrogen-bond donors (Lipinski definition) is 3. The number of amides is 3. The van der Waals surface area contributed by atoms with Crippen LogP contribution in [0.5, 0.6) is 0 Å². The molecule has 2 aromatic heterocycles. The van der Waals surface area contributed by atoms with Gasteiger partial charge in [-0.15, -0.1) is 11.3 Å². The van der Waals surface area contributed by atoms with Crippen LogP contribution >= 0.6 is 34.5 Å². The average Bonchev–Trinajstić information content (AvgIpc) is 3.37. The minimum Gasteiger partial charge on any atom is -0.309 e. The third-order valence-electron chi connectivity index (χ3n) is 4.89. The van der Waals surface area contributed by atoms with Crippen molar-refractivity contribution in [3.8, 4) is 0 Å². The van der Waals surface area contributed by atoms with Crippen LogP contribution in [0.4, 0.5) is 16.3 Å². The lowest BCUT2D eigenvalue weighted by atomic mass is 10.0.